The number of carbonyl (C=O) groups is 3. The molecule has 206 valence electrons. The second kappa shape index (κ2) is 15.7. The molecule has 0 fully saturated rings. The van der Waals surface area contributed by atoms with Gasteiger partial charge in [0, 0.05) is 24.0 Å². The van der Waals surface area contributed by atoms with Crippen LogP contribution in [0.1, 0.15) is 93.0 Å². The zero-order valence-electron chi connectivity index (χ0n) is 23.6. The van der Waals surface area contributed by atoms with Crippen LogP contribution in [0.3, 0.4) is 0 Å². The maximum Gasteiger partial charge on any atom is 0.408 e. The van der Waals surface area contributed by atoms with Gasteiger partial charge in [-0.1, -0.05) is 51.8 Å². The Balaban J connectivity index is 3.24. The number of alkyl carbamates (subject to hydrolysis) is 1. The fourth-order valence-corrected chi connectivity index (χ4v) is 3.51. The van der Waals surface area contributed by atoms with Crippen LogP contribution < -0.4 is 10.6 Å². The first-order valence-electron chi connectivity index (χ1n) is 13.0. The van der Waals surface area contributed by atoms with Gasteiger partial charge in [0.2, 0.25) is 0 Å². The van der Waals surface area contributed by atoms with E-state index in [-0.39, 0.29) is 18.0 Å². The number of aryl methyl sites for hydroxylation is 1. The molecule has 0 aliphatic heterocycles. The molecular weight excluding hydrogens is 470 g/mol. The highest BCUT2D eigenvalue weighted by Crippen LogP contribution is 2.17. The third-order valence-electron chi connectivity index (χ3n) is 5.54. The average molecular weight is 516 g/mol. The van der Waals surface area contributed by atoms with Crippen LogP contribution in [0.2, 0.25) is 0 Å². The smallest absolute Gasteiger partial charge is 0.408 e. The number of hydrogen-bond donors (Lipinski definition) is 2. The summed E-state index contributed by atoms with van der Waals surface area (Å²) in [5.74, 6) is -0.825. The molecule has 1 rings (SSSR count). The van der Waals surface area contributed by atoms with E-state index in [2.05, 4.69) is 24.1 Å². The van der Waals surface area contributed by atoms with Crippen molar-refractivity contribution in [2.45, 2.75) is 85.3 Å². The first-order valence-corrected chi connectivity index (χ1v) is 13.0. The van der Waals surface area contributed by atoms with Crippen LogP contribution >= 0.6 is 0 Å². The van der Waals surface area contributed by atoms with Gasteiger partial charge in [-0.05, 0) is 58.2 Å². The van der Waals surface area contributed by atoms with Crippen molar-refractivity contribution in [1.29, 1.82) is 0 Å². The van der Waals surface area contributed by atoms with Gasteiger partial charge in [-0.2, -0.15) is 0 Å². The summed E-state index contributed by atoms with van der Waals surface area (Å²) in [6.07, 6.45) is 8.05. The van der Waals surface area contributed by atoms with Crippen LogP contribution in [-0.2, 0) is 9.47 Å². The molecule has 8 heteroatoms. The summed E-state index contributed by atoms with van der Waals surface area (Å²) >= 11 is 0. The molecule has 37 heavy (non-hydrogen) atoms. The van der Waals surface area contributed by atoms with Gasteiger partial charge in [0.1, 0.15) is 5.60 Å². The molecule has 0 radical (unpaired) electrons. The number of methoxy groups -OCH3 is 1. The minimum atomic E-state index is -0.674. The Labute approximate surface area is 222 Å². The monoisotopic (exact) mass is 515 g/mol. The van der Waals surface area contributed by atoms with Crippen molar-refractivity contribution in [3.63, 3.8) is 0 Å². The van der Waals surface area contributed by atoms with Crippen LogP contribution in [0.15, 0.2) is 42.8 Å². The largest absolute Gasteiger partial charge is 0.465 e. The standard InChI is InChI=1S/C29H45N3O5/c1-9-11-13-14-17-30-22(4)25(31-28(35)37-29(5,6)7)20-32(18-12-10-2)26(33)24-19-23(27(34)36-8)16-15-21(24)3/h12,15-16,18-19,25,30H,4,9-11,13-14,17,20H2,1-3,5-8H3,(H,31,35)/b18-12+. The lowest BCUT2D eigenvalue weighted by Crippen LogP contribution is -2.49. The highest BCUT2D eigenvalue weighted by molar-refractivity contribution is 5.99. The first-order chi connectivity index (χ1) is 17.4. The molecule has 1 unspecified atom stereocenters. The van der Waals surface area contributed by atoms with Crippen molar-refractivity contribution in [2.24, 2.45) is 0 Å². The predicted molar refractivity (Wildman–Crippen MR) is 147 cm³/mol. The van der Waals surface area contributed by atoms with Crippen molar-refractivity contribution in [3.05, 3.63) is 59.4 Å². The molecule has 0 aliphatic carbocycles. The van der Waals surface area contributed by atoms with Gasteiger partial charge in [0.05, 0.1) is 25.3 Å². The number of rotatable bonds is 14. The predicted octanol–water partition coefficient (Wildman–Crippen LogP) is 5.72. The molecule has 0 heterocycles. The first kappa shape index (κ1) is 31.7. The fraction of sp³-hybridized carbons (Fsp3) is 0.552. The molecule has 1 atom stereocenters. The van der Waals surface area contributed by atoms with Gasteiger partial charge in [0.25, 0.3) is 5.91 Å². The Hall–Kier alpha value is -3.29. The average Bonchev–Trinajstić information content (AvgIpc) is 2.83. The minimum Gasteiger partial charge on any atom is -0.465 e. The number of hydrogen-bond acceptors (Lipinski definition) is 6. The molecular formula is C29H45N3O5. The zero-order valence-corrected chi connectivity index (χ0v) is 23.6. The topological polar surface area (TPSA) is 97.0 Å². The molecule has 0 spiro atoms. The number of nitrogens with one attached hydrogen (secondary N) is 2. The van der Waals surface area contributed by atoms with E-state index in [0.29, 0.717) is 24.2 Å². The zero-order chi connectivity index (χ0) is 28.0. The number of ether oxygens (including phenoxy) is 2. The van der Waals surface area contributed by atoms with Crippen molar-refractivity contribution < 1.29 is 23.9 Å². The fourth-order valence-electron chi connectivity index (χ4n) is 3.51. The Bertz CT molecular complexity index is 949. The van der Waals surface area contributed by atoms with Crippen LogP contribution in [0.25, 0.3) is 0 Å². The molecule has 1 aromatic carbocycles. The second-order valence-electron chi connectivity index (χ2n) is 9.98. The molecule has 0 aromatic heterocycles. The number of esters is 1. The Kier molecular flexibility index (Phi) is 13.5. The summed E-state index contributed by atoms with van der Waals surface area (Å²) in [4.78, 5) is 39.9. The van der Waals surface area contributed by atoms with Crippen LogP contribution in [-0.4, -0.2) is 54.7 Å². The molecule has 1 aromatic rings. The van der Waals surface area contributed by atoms with Crippen molar-refractivity contribution >= 4 is 18.0 Å². The van der Waals surface area contributed by atoms with Crippen molar-refractivity contribution in [1.82, 2.24) is 15.5 Å². The van der Waals surface area contributed by atoms with Gasteiger partial charge < -0.3 is 25.0 Å². The number of carbonyl (C=O) groups excluding carboxylic acids is 3. The minimum absolute atomic E-state index is 0.122. The highest BCUT2D eigenvalue weighted by Gasteiger charge is 2.26. The summed E-state index contributed by atoms with van der Waals surface area (Å²) in [5, 5.41) is 6.17. The van der Waals surface area contributed by atoms with Gasteiger partial charge in [-0.25, -0.2) is 9.59 Å². The van der Waals surface area contributed by atoms with E-state index in [1.165, 1.54) is 18.1 Å². The SMILES string of the molecule is C=C(NCCCCCC)C(CN(/C=C/CC)C(=O)c1cc(C(=O)OC)ccc1C)NC(=O)OC(C)(C)C. The van der Waals surface area contributed by atoms with E-state index >= 15 is 0 Å². The molecule has 0 saturated heterocycles. The van der Waals surface area contributed by atoms with E-state index in [0.717, 1.165) is 31.2 Å². The molecule has 0 aliphatic rings. The van der Waals surface area contributed by atoms with Gasteiger partial charge in [0.15, 0.2) is 0 Å². The van der Waals surface area contributed by atoms with Gasteiger partial charge >= 0.3 is 12.1 Å². The quantitative estimate of drug-likeness (QED) is 0.243. The lowest BCUT2D eigenvalue weighted by atomic mass is 10.0. The number of amides is 2. The number of allylic oxidation sites excluding steroid dienone is 1. The molecule has 8 nitrogen and oxygen atoms in total. The summed E-state index contributed by atoms with van der Waals surface area (Å²) in [5.41, 5.74) is 1.30. The van der Waals surface area contributed by atoms with Gasteiger partial charge in [-0.3, -0.25) is 4.79 Å². The third-order valence-corrected chi connectivity index (χ3v) is 5.54. The summed E-state index contributed by atoms with van der Waals surface area (Å²) in [6, 6.07) is 4.26. The Morgan fingerprint density at radius 2 is 1.84 bits per heavy atom. The van der Waals surface area contributed by atoms with Crippen molar-refractivity contribution in [2.75, 3.05) is 20.2 Å². The lowest BCUT2D eigenvalue weighted by molar-refractivity contribution is 0.0496. The van der Waals surface area contributed by atoms with E-state index in [9.17, 15) is 14.4 Å². The van der Waals surface area contributed by atoms with E-state index in [1.807, 2.05) is 19.9 Å². The highest BCUT2D eigenvalue weighted by atomic mass is 16.6. The summed E-state index contributed by atoms with van der Waals surface area (Å²) in [6.45, 7) is 16.3. The molecule has 2 N–H and O–H groups in total. The van der Waals surface area contributed by atoms with Crippen LogP contribution in [0, 0.1) is 6.92 Å². The Morgan fingerprint density at radius 3 is 2.43 bits per heavy atom. The van der Waals surface area contributed by atoms with Crippen LogP contribution in [0.4, 0.5) is 4.79 Å². The number of unbranched alkanes of at least 4 members (excludes halogenated alkanes) is 3. The van der Waals surface area contributed by atoms with Crippen LogP contribution in [0.5, 0.6) is 0 Å². The second-order valence-corrected chi connectivity index (χ2v) is 9.98. The lowest BCUT2D eigenvalue weighted by Gasteiger charge is -2.29. The maximum atomic E-state index is 13.7. The molecule has 0 saturated carbocycles. The summed E-state index contributed by atoms with van der Waals surface area (Å²) in [7, 11) is 1.30. The number of nitrogens with zero attached hydrogens (tertiary/aromatic N) is 1. The third kappa shape index (κ3) is 11.5. The van der Waals surface area contributed by atoms with E-state index in [4.69, 9.17) is 9.47 Å². The molecule has 2 amide bonds. The van der Waals surface area contributed by atoms with E-state index in [1.54, 1.807) is 39.1 Å². The van der Waals surface area contributed by atoms with Crippen molar-refractivity contribution in [3.8, 4) is 0 Å². The Morgan fingerprint density at radius 1 is 1.14 bits per heavy atom. The number of benzene rings is 1. The maximum absolute atomic E-state index is 13.7. The molecule has 0 bridgehead atoms. The van der Waals surface area contributed by atoms with Gasteiger partial charge in [-0.15, -0.1) is 0 Å². The summed E-state index contributed by atoms with van der Waals surface area (Å²) < 4.78 is 10.3. The normalized spacial score (nSPS) is 12.1. The van der Waals surface area contributed by atoms with E-state index < -0.39 is 23.7 Å².